The summed E-state index contributed by atoms with van der Waals surface area (Å²) >= 11 is 0. The van der Waals surface area contributed by atoms with Crippen molar-refractivity contribution in [1.29, 1.82) is 5.41 Å². The summed E-state index contributed by atoms with van der Waals surface area (Å²) in [5.74, 6) is 0.105. The third-order valence-corrected chi connectivity index (χ3v) is 3.18. The lowest BCUT2D eigenvalue weighted by molar-refractivity contribution is -0.153. The number of allylic oxidation sites excluding steroid dienone is 1. The summed E-state index contributed by atoms with van der Waals surface area (Å²) in [6.45, 7) is 0.312. The molecule has 1 atom stereocenters. The van der Waals surface area contributed by atoms with Gasteiger partial charge in [0.1, 0.15) is 18.5 Å². The standard InChI is InChI=1S/C16H19F3N2O4/c17-16(18,19)10-25-12-3-1-11(2-4-12)14(20)7-15(21)24-9-13-8-22-5-6-23-13/h1-4,7,13,20H,5-6,8-10,21H2/b15-7+,20-14?. The fourth-order valence-electron chi connectivity index (χ4n) is 1.99. The number of benzene rings is 1. The first-order valence-electron chi connectivity index (χ1n) is 7.51. The Balaban J connectivity index is 1.84. The Morgan fingerprint density at radius 3 is 2.60 bits per heavy atom. The quantitative estimate of drug-likeness (QED) is 0.575. The summed E-state index contributed by atoms with van der Waals surface area (Å²) in [5, 5.41) is 7.94. The van der Waals surface area contributed by atoms with Crippen LogP contribution >= 0.6 is 0 Å². The van der Waals surface area contributed by atoms with Crippen molar-refractivity contribution in [2.75, 3.05) is 33.0 Å². The fraction of sp³-hybridized carbons (Fsp3) is 0.438. The number of rotatable bonds is 7. The maximum Gasteiger partial charge on any atom is 0.422 e. The van der Waals surface area contributed by atoms with Gasteiger partial charge in [0, 0.05) is 6.08 Å². The van der Waals surface area contributed by atoms with Gasteiger partial charge in [-0.3, -0.25) is 0 Å². The first kappa shape index (κ1) is 19.1. The lowest BCUT2D eigenvalue weighted by atomic mass is 10.1. The highest BCUT2D eigenvalue weighted by Gasteiger charge is 2.28. The molecule has 0 amide bonds. The molecular weight excluding hydrogens is 341 g/mol. The van der Waals surface area contributed by atoms with E-state index in [1.54, 1.807) is 0 Å². The molecule has 1 saturated heterocycles. The van der Waals surface area contributed by atoms with Gasteiger partial charge in [0.25, 0.3) is 0 Å². The SMILES string of the molecule is N=C(/C=C(\N)OCC1COCCO1)c1ccc(OCC(F)(F)F)cc1. The van der Waals surface area contributed by atoms with Crippen molar-refractivity contribution in [3.8, 4) is 5.75 Å². The van der Waals surface area contributed by atoms with Crippen LogP contribution in [0, 0.1) is 5.41 Å². The van der Waals surface area contributed by atoms with Gasteiger partial charge < -0.3 is 30.1 Å². The minimum absolute atomic E-state index is 0.0385. The molecule has 6 nitrogen and oxygen atoms in total. The molecule has 3 N–H and O–H groups in total. The molecule has 25 heavy (non-hydrogen) atoms. The number of halogens is 3. The Bertz CT molecular complexity index is 596. The van der Waals surface area contributed by atoms with Crippen LogP contribution in [0.2, 0.25) is 0 Å². The van der Waals surface area contributed by atoms with Crippen LogP contribution in [0.1, 0.15) is 5.56 Å². The molecule has 1 unspecified atom stereocenters. The van der Waals surface area contributed by atoms with Crippen LogP contribution in [0.3, 0.4) is 0 Å². The van der Waals surface area contributed by atoms with E-state index in [4.69, 9.17) is 25.4 Å². The van der Waals surface area contributed by atoms with E-state index in [0.29, 0.717) is 25.4 Å². The Hall–Kier alpha value is -2.26. The highest BCUT2D eigenvalue weighted by atomic mass is 19.4. The average molecular weight is 360 g/mol. The molecule has 0 spiro atoms. The van der Waals surface area contributed by atoms with Crippen molar-refractivity contribution in [1.82, 2.24) is 0 Å². The smallest absolute Gasteiger partial charge is 0.422 e. The molecule has 1 aliphatic rings. The molecule has 138 valence electrons. The van der Waals surface area contributed by atoms with Crippen LogP contribution in [0.25, 0.3) is 0 Å². The largest absolute Gasteiger partial charge is 0.484 e. The first-order valence-corrected chi connectivity index (χ1v) is 7.51. The molecule has 9 heteroatoms. The van der Waals surface area contributed by atoms with Crippen molar-refractivity contribution in [3.63, 3.8) is 0 Å². The van der Waals surface area contributed by atoms with Gasteiger partial charge in [-0.1, -0.05) is 0 Å². The monoisotopic (exact) mass is 360 g/mol. The summed E-state index contributed by atoms with van der Waals surface area (Å²) in [6, 6.07) is 5.65. The molecule has 1 aromatic rings. The second-order valence-electron chi connectivity index (χ2n) is 5.27. The lowest BCUT2D eigenvalue weighted by Gasteiger charge is -2.22. The average Bonchev–Trinajstić information content (AvgIpc) is 2.59. The summed E-state index contributed by atoms with van der Waals surface area (Å²) in [6.07, 6.45) is -3.29. The van der Waals surface area contributed by atoms with Gasteiger partial charge in [-0.2, -0.15) is 13.2 Å². The predicted octanol–water partition coefficient (Wildman–Crippen LogP) is 2.23. The third kappa shape index (κ3) is 7.02. The molecule has 0 bridgehead atoms. The Morgan fingerprint density at radius 1 is 1.28 bits per heavy atom. The normalized spacial score (nSPS) is 18.7. The highest BCUT2D eigenvalue weighted by Crippen LogP contribution is 2.19. The van der Waals surface area contributed by atoms with E-state index in [1.807, 2.05) is 0 Å². The van der Waals surface area contributed by atoms with Crippen LogP contribution in [0.5, 0.6) is 5.75 Å². The molecule has 1 aromatic carbocycles. The zero-order valence-electron chi connectivity index (χ0n) is 13.3. The van der Waals surface area contributed by atoms with Crippen molar-refractivity contribution in [2.24, 2.45) is 5.73 Å². The number of nitrogens with one attached hydrogen (secondary N) is 1. The van der Waals surface area contributed by atoms with Gasteiger partial charge in [-0.25, -0.2) is 0 Å². The van der Waals surface area contributed by atoms with Crippen molar-refractivity contribution in [3.05, 3.63) is 41.8 Å². The van der Waals surface area contributed by atoms with Gasteiger partial charge in [0.15, 0.2) is 12.5 Å². The fourth-order valence-corrected chi connectivity index (χ4v) is 1.99. The van der Waals surface area contributed by atoms with Crippen LogP contribution < -0.4 is 10.5 Å². The van der Waals surface area contributed by atoms with E-state index < -0.39 is 12.8 Å². The van der Waals surface area contributed by atoms with Gasteiger partial charge in [0.2, 0.25) is 0 Å². The summed E-state index contributed by atoms with van der Waals surface area (Å²) in [5.41, 5.74) is 6.22. The van der Waals surface area contributed by atoms with E-state index in [0.717, 1.165) is 0 Å². The van der Waals surface area contributed by atoms with E-state index in [-0.39, 0.29) is 30.1 Å². The molecule has 1 aliphatic heterocycles. The van der Waals surface area contributed by atoms with Gasteiger partial charge in [-0.15, -0.1) is 0 Å². The van der Waals surface area contributed by atoms with Crippen LogP contribution in [0.4, 0.5) is 13.2 Å². The highest BCUT2D eigenvalue weighted by molar-refractivity contribution is 6.06. The zero-order chi connectivity index (χ0) is 18.3. The van der Waals surface area contributed by atoms with E-state index >= 15 is 0 Å². The van der Waals surface area contributed by atoms with Gasteiger partial charge in [-0.05, 0) is 29.8 Å². The predicted molar refractivity (Wildman–Crippen MR) is 83.6 cm³/mol. The second-order valence-corrected chi connectivity index (χ2v) is 5.27. The minimum Gasteiger partial charge on any atom is -0.484 e. The van der Waals surface area contributed by atoms with Crippen molar-refractivity contribution in [2.45, 2.75) is 12.3 Å². The molecule has 1 heterocycles. The summed E-state index contributed by atoms with van der Waals surface area (Å²) in [7, 11) is 0. The molecular formula is C16H19F3N2O4. The lowest BCUT2D eigenvalue weighted by Crippen LogP contribution is -2.32. The Morgan fingerprint density at radius 2 is 2.00 bits per heavy atom. The number of ether oxygens (including phenoxy) is 4. The van der Waals surface area contributed by atoms with Crippen LogP contribution in [-0.2, 0) is 14.2 Å². The molecule has 0 radical (unpaired) electrons. The number of hydrogen-bond donors (Lipinski definition) is 2. The number of hydrogen-bond acceptors (Lipinski definition) is 6. The van der Waals surface area contributed by atoms with Gasteiger partial charge in [0.05, 0.1) is 25.5 Å². The molecule has 1 fully saturated rings. The first-order chi connectivity index (χ1) is 11.8. The van der Waals surface area contributed by atoms with E-state index in [9.17, 15) is 13.2 Å². The molecule has 2 rings (SSSR count). The van der Waals surface area contributed by atoms with Crippen LogP contribution in [0.15, 0.2) is 36.2 Å². The second kappa shape index (κ2) is 8.72. The number of nitrogens with two attached hydrogens (primary N) is 1. The summed E-state index contributed by atoms with van der Waals surface area (Å²) in [4.78, 5) is 0. The van der Waals surface area contributed by atoms with E-state index in [1.165, 1.54) is 30.3 Å². The zero-order valence-corrected chi connectivity index (χ0v) is 13.3. The molecule has 0 saturated carbocycles. The van der Waals surface area contributed by atoms with Crippen molar-refractivity contribution >= 4 is 5.71 Å². The summed E-state index contributed by atoms with van der Waals surface area (Å²) < 4.78 is 56.8. The van der Waals surface area contributed by atoms with Crippen molar-refractivity contribution < 1.29 is 32.1 Å². The Kier molecular flexibility index (Phi) is 6.65. The van der Waals surface area contributed by atoms with E-state index in [2.05, 4.69) is 4.74 Å². The van der Waals surface area contributed by atoms with Crippen LogP contribution in [-0.4, -0.2) is 51.0 Å². The minimum atomic E-state index is -4.40. The molecule has 0 aromatic heterocycles. The maximum absolute atomic E-state index is 12.1. The topological polar surface area (TPSA) is 86.8 Å². The van der Waals surface area contributed by atoms with Gasteiger partial charge >= 0.3 is 6.18 Å². The number of alkyl halides is 3. The maximum atomic E-state index is 12.1. The third-order valence-electron chi connectivity index (χ3n) is 3.18. The molecule has 0 aliphatic carbocycles. The Labute approximate surface area is 142 Å².